The average Bonchev–Trinajstić information content (AvgIpc) is 2.22. The molecule has 0 saturated carbocycles. The molecule has 7 heteroatoms. The molecule has 0 fully saturated rings. The molecule has 0 aromatic heterocycles. The van der Waals surface area contributed by atoms with Crippen LogP contribution in [0.3, 0.4) is 0 Å². The van der Waals surface area contributed by atoms with Gasteiger partial charge in [0.15, 0.2) is 0 Å². The number of fused-ring (bicyclic) bond motifs is 1. The number of aromatic hydroxyl groups is 1. The molecule has 0 heterocycles. The quantitative estimate of drug-likeness (QED) is 0.309. The van der Waals surface area contributed by atoms with Crippen LogP contribution in [-0.4, -0.2) is 69.5 Å². The monoisotopic (exact) mass is 279 g/mol. The van der Waals surface area contributed by atoms with Crippen molar-refractivity contribution in [3.05, 3.63) is 30.3 Å². The molecule has 0 aliphatic rings. The van der Waals surface area contributed by atoms with Gasteiger partial charge in [0.1, 0.15) is 5.75 Å². The third-order valence-electron chi connectivity index (χ3n) is 2.31. The normalized spacial score (nSPS) is 11.1. The number of anilines is 1. The molecule has 0 amide bonds. The first-order chi connectivity index (χ1) is 7.39. The van der Waals surface area contributed by atoms with E-state index >= 15 is 0 Å². The zero-order valence-electron chi connectivity index (χ0n) is 8.08. The fraction of sp³-hybridized carbons (Fsp3) is 0. The Morgan fingerprint density at radius 2 is 1.76 bits per heavy atom. The second kappa shape index (κ2) is 5.23. The number of hydrogen-bond acceptors (Lipinski definition) is 4. The molecule has 2 rings (SSSR count). The first kappa shape index (κ1) is 14.9. The zero-order valence-corrected chi connectivity index (χ0v) is 8.90. The molecule has 2 aromatic carbocycles. The third kappa shape index (κ3) is 3.00. The van der Waals surface area contributed by atoms with Gasteiger partial charge in [-0.1, -0.05) is 12.1 Å². The Balaban J connectivity index is 0.00000144. The number of rotatable bonds is 1. The van der Waals surface area contributed by atoms with Crippen LogP contribution in [0, 0.1) is 0 Å². The van der Waals surface area contributed by atoms with Gasteiger partial charge >= 0.3 is 51.4 Å². The molecule has 2 aromatic rings. The van der Waals surface area contributed by atoms with Crippen molar-refractivity contribution in [2.45, 2.75) is 4.90 Å². The van der Waals surface area contributed by atoms with Crippen molar-refractivity contribution in [1.82, 2.24) is 0 Å². The van der Waals surface area contributed by atoms with Crippen molar-refractivity contribution in [2.75, 3.05) is 5.73 Å². The topological polar surface area (TPSA) is 101 Å². The average molecular weight is 279 g/mol. The molecule has 0 bridgehead atoms. The number of phenolic OH excluding ortho intramolecular Hbond substituents is 1. The SMILES string of the molecule is Nc1c(O)ccc2cc(S(=O)(=O)O)ccc12.[KH]. The number of nitrogen functional groups attached to an aromatic ring is 1. The van der Waals surface area contributed by atoms with Crippen LogP contribution in [0.25, 0.3) is 10.8 Å². The summed E-state index contributed by atoms with van der Waals surface area (Å²) < 4.78 is 30.7. The molecule has 4 N–H and O–H groups in total. The predicted octanol–water partition coefficient (Wildman–Crippen LogP) is 0.726. The Bertz CT molecular complexity index is 669. The van der Waals surface area contributed by atoms with E-state index in [2.05, 4.69) is 0 Å². The molecule has 0 radical (unpaired) electrons. The predicted molar refractivity (Wildman–Crippen MR) is 67.0 cm³/mol. The van der Waals surface area contributed by atoms with Crippen LogP contribution < -0.4 is 5.73 Å². The Kier molecular flexibility index (Phi) is 4.58. The van der Waals surface area contributed by atoms with Crippen molar-refractivity contribution in [1.29, 1.82) is 0 Å². The number of nitrogens with two attached hydrogens (primary N) is 1. The molecule has 17 heavy (non-hydrogen) atoms. The van der Waals surface area contributed by atoms with E-state index in [4.69, 9.17) is 10.3 Å². The van der Waals surface area contributed by atoms with Gasteiger partial charge in [0.25, 0.3) is 10.1 Å². The van der Waals surface area contributed by atoms with E-state index in [0.29, 0.717) is 10.8 Å². The molecule has 0 saturated heterocycles. The van der Waals surface area contributed by atoms with Gasteiger partial charge in [0.05, 0.1) is 10.6 Å². The van der Waals surface area contributed by atoms with E-state index in [1.54, 1.807) is 0 Å². The van der Waals surface area contributed by atoms with Crippen LogP contribution >= 0.6 is 0 Å². The zero-order chi connectivity index (χ0) is 11.9. The molecule has 5 nitrogen and oxygen atoms in total. The summed E-state index contributed by atoms with van der Waals surface area (Å²) in [4.78, 5) is -0.204. The molecule has 0 spiro atoms. The van der Waals surface area contributed by atoms with Crippen molar-refractivity contribution in [3.63, 3.8) is 0 Å². The Labute approximate surface area is 141 Å². The Morgan fingerprint density at radius 1 is 1.12 bits per heavy atom. The minimum absolute atomic E-state index is 0. The Morgan fingerprint density at radius 3 is 2.35 bits per heavy atom. The van der Waals surface area contributed by atoms with Gasteiger partial charge in [-0.3, -0.25) is 4.55 Å². The van der Waals surface area contributed by atoms with Crippen molar-refractivity contribution < 1.29 is 18.1 Å². The van der Waals surface area contributed by atoms with E-state index in [9.17, 15) is 13.5 Å². The maximum atomic E-state index is 10.9. The summed E-state index contributed by atoms with van der Waals surface area (Å²) >= 11 is 0. The standard InChI is InChI=1S/C10H9NO4S.K.H/c11-10-8-3-2-7(16(13,14)15)5-6(8)1-4-9(10)12;;/h1-5,12H,11H2,(H,13,14,15);;. The first-order valence-corrected chi connectivity index (χ1v) is 5.82. The summed E-state index contributed by atoms with van der Waals surface area (Å²) in [7, 11) is -4.22. The van der Waals surface area contributed by atoms with Crippen LogP contribution in [0.2, 0.25) is 0 Å². The molecular weight excluding hydrogens is 269 g/mol. The summed E-state index contributed by atoms with van der Waals surface area (Å²) in [6.07, 6.45) is 0. The number of phenols is 1. The van der Waals surface area contributed by atoms with Gasteiger partial charge in [-0.2, -0.15) is 8.42 Å². The van der Waals surface area contributed by atoms with E-state index in [1.165, 1.54) is 30.3 Å². The van der Waals surface area contributed by atoms with E-state index < -0.39 is 10.1 Å². The van der Waals surface area contributed by atoms with Crippen LogP contribution in [-0.2, 0) is 10.1 Å². The molecule has 0 aliphatic carbocycles. The number of hydrogen-bond donors (Lipinski definition) is 3. The summed E-state index contributed by atoms with van der Waals surface area (Å²) in [5.74, 6) is -0.0629. The molecule has 0 unspecified atom stereocenters. The van der Waals surface area contributed by atoms with Gasteiger partial charge in [0.2, 0.25) is 0 Å². The molecule has 86 valence electrons. The van der Waals surface area contributed by atoms with Gasteiger partial charge in [-0.15, -0.1) is 0 Å². The first-order valence-electron chi connectivity index (χ1n) is 4.38. The van der Waals surface area contributed by atoms with E-state index in [-0.39, 0.29) is 67.7 Å². The second-order valence-electron chi connectivity index (χ2n) is 3.36. The van der Waals surface area contributed by atoms with Crippen molar-refractivity contribution >= 4 is 78.0 Å². The van der Waals surface area contributed by atoms with Crippen LogP contribution in [0.4, 0.5) is 5.69 Å². The molecule has 0 atom stereocenters. The summed E-state index contributed by atoms with van der Waals surface area (Å²) in [6, 6.07) is 6.85. The van der Waals surface area contributed by atoms with Gasteiger partial charge in [-0.25, -0.2) is 0 Å². The van der Waals surface area contributed by atoms with Crippen molar-refractivity contribution in [3.8, 4) is 5.75 Å². The number of benzene rings is 2. The summed E-state index contributed by atoms with van der Waals surface area (Å²) in [5.41, 5.74) is 5.80. The molecular formula is C10H10KNO4S. The van der Waals surface area contributed by atoms with Crippen LogP contribution in [0.1, 0.15) is 0 Å². The van der Waals surface area contributed by atoms with Gasteiger partial charge in [-0.05, 0) is 23.6 Å². The van der Waals surface area contributed by atoms with Crippen LogP contribution in [0.15, 0.2) is 35.2 Å². The fourth-order valence-corrected chi connectivity index (χ4v) is 2.00. The second-order valence-corrected chi connectivity index (χ2v) is 4.78. The van der Waals surface area contributed by atoms with Gasteiger partial charge in [0, 0.05) is 5.39 Å². The summed E-state index contributed by atoms with van der Waals surface area (Å²) in [5, 5.41) is 10.4. The summed E-state index contributed by atoms with van der Waals surface area (Å²) in [6.45, 7) is 0. The third-order valence-corrected chi connectivity index (χ3v) is 3.16. The van der Waals surface area contributed by atoms with Crippen LogP contribution in [0.5, 0.6) is 5.75 Å². The maximum absolute atomic E-state index is 10.9. The van der Waals surface area contributed by atoms with E-state index in [1.807, 2.05) is 0 Å². The Hall–Kier alpha value is -0.154. The minimum atomic E-state index is -4.22. The van der Waals surface area contributed by atoms with E-state index in [0.717, 1.165) is 0 Å². The van der Waals surface area contributed by atoms with Crippen molar-refractivity contribution in [2.24, 2.45) is 0 Å². The fourth-order valence-electron chi connectivity index (χ4n) is 1.48. The van der Waals surface area contributed by atoms with Gasteiger partial charge < -0.3 is 10.8 Å². The molecule has 0 aliphatic heterocycles.